The first kappa shape index (κ1) is 17.3. The third kappa shape index (κ3) is 4.70. The maximum absolute atomic E-state index is 12.2. The molecule has 1 atom stereocenters. The lowest BCUT2D eigenvalue weighted by molar-refractivity contribution is -0.135. The van der Waals surface area contributed by atoms with Crippen molar-refractivity contribution in [3.05, 3.63) is 0 Å². The number of amides is 2. The largest absolute Gasteiger partial charge is 0.347 e. The molecule has 126 valence electrons. The van der Waals surface area contributed by atoms with Crippen molar-refractivity contribution in [1.82, 2.24) is 10.2 Å². The van der Waals surface area contributed by atoms with Crippen LogP contribution in [0.15, 0.2) is 0 Å². The highest BCUT2D eigenvalue weighted by Gasteiger charge is 2.35. The van der Waals surface area contributed by atoms with Crippen LogP contribution < -0.4 is 11.1 Å². The maximum atomic E-state index is 12.2. The van der Waals surface area contributed by atoms with Gasteiger partial charge < -0.3 is 16.0 Å². The van der Waals surface area contributed by atoms with E-state index in [1.807, 2.05) is 4.90 Å². The second-order valence-corrected chi connectivity index (χ2v) is 7.66. The van der Waals surface area contributed by atoms with Gasteiger partial charge in [-0.1, -0.05) is 39.5 Å². The van der Waals surface area contributed by atoms with Crippen molar-refractivity contribution in [2.24, 2.45) is 17.1 Å². The predicted molar refractivity (Wildman–Crippen MR) is 87.2 cm³/mol. The lowest BCUT2D eigenvalue weighted by Gasteiger charge is -2.42. The number of carbonyl (C=O) groups excluding carboxylic acids is 2. The van der Waals surface area contributed by atoms with Crippen molar-refractivity contribution >= 4 is 11.8 Å². The van der Waals surface area contributed by atoms with Crippen LogP contribution in [0.1, 0.15) is 58.8 Å². The molecule has 0 spiro atoms. The van der Waals surface area contributed by atoms with Gasteiger partial charge >= 0.3 is 0 Å². The molecule has 2 rings (SSSR count). The van der Waals surface area contributed by atoms with Crippen LogP contribution in [-0.4, -0.2) is 42.4 Å². The van der Waals surface area contributed by atoms with Gasteiger partial charge in [0, 0.05) is 25.6 Å². The molecular weight excluding hydrogens is 278 g/mol. The van der Waals surface area contributed by atoms with Crippen LogP contribution in [0.3, 0.4) is 0 Å². The number of piperidine rings is 1. The lowest BCUT2D eigenvalue weighted by atomic mass is 9.79. The number of likely N-dealkylation sites (tertiary alicyclic amines) is 1. The van der Waals surface area contributed by atoms with E-state index in [0.717, 1.165) is 12.8 Å². The van der Waals surface area contributed by atoms with Gasteiger partial charge in [-0.25, -0.2) is 0 Å². The molecule has 0 aromatic heterocycles. The van der Waals surface area contributed by atoms with Crippen molar-refractivity contribution in [2.75, 3.05) is 19.6 Å². The Balaban J connectivity index is 1.67. The molecule has 22 heavy (non-hydrogen) atoms. The molecule has 1 heterocycles. The smallest absolute Gasteiger partial charge is 0.241 e. The number of nitrogens with zero attached hydrogens (tertiary/aromatic N) is 1. The molecule has 0 aromatic carbocycles. The van der Waals surface area contributed by atoms with Gasteiger partial charge in [0.15, 0.2) is 0 Å². The quantitative estimate of drug-likeness (QED) is 0.811. The minimum absolute atomic E-state index is 0.00761. The van der Waals surface area contributed by atoms with E-state index in [0.29, 0.717) is 25.4 Å². The zero-order chi connectivity index (χ0) is 16.2. The van der Waals surface area contributed by atoms with E-state index < -0.39 is 0 Å². The molecule has 2 amide bonds. The number of hydrogen-bond donors (Lipinski definition) is 2. The molecule has 0 radical (unpaired) electrons. The van der Waals surface area contributed by atoms with Crippen LogP contribution in [-0.2, 0) is 9.59 Å². The van der Waals surface area contributed by atoms with Gasteiger partial charge in [-0.15, -0.1) is 0 Å². The SMILES string of the molecule is CC1(C)CN(C(=O)CNC(=O)CCC2CCCC2)CCC1N. The summed E-state index contributed by atoms with van der Waals surface area (Å²) in [6.45, 7) is 5.68. The van der Waals surface area contributed by atoms with Gasteiger partial charge in [-0.3, -0.25) is 9.59 Å². The van der Waals surface area contributed by atoms with Crippen LogP contribution in [0, 0.1) is 11.3 Å². The second kappa shape index (κ2) is 7.44. The summed E-state index contributed by atoms with van der Waals surface area (Å²) in [6, 6.07) is 0.137. The highest BCUT2D eigenvalue weighted by Crippen LogP contribution is 2.28. The average molecular weight is 309 g/mol. The zero-order valence-corrected chi connectivity index (χ0v) is 14.1. The predicted octanol–water partition coefficient (Wildman–Crippen LogP) is 1.66. The Bertz CT molecular complexity index is 403. The number of nitrogens with two attached hydrogens (primary N) is 1. The van der Waals surface area contributed by atoms with E-state index in [2.05, 4.69) is 19.2 Å². The van der Waals surface area contributed by atoms with Crippen molar-refractivity contribution < 1.29 is 9.59 Å². The van der Waals surface area contributed by atoms with Gasteiger partial charge in [-0.05, 0) is 24.2 Å². The van der Waals surface area contributed by atoms with Gasteiger partial charge in [-0.2, -0.15) is 0 Å². The molecule has 3 N–H and O–H groups in total. The monoisotopic (exact) mass is 309 g/mol. The molecule has 1 aliphatic heterocycles. The fraction of sp³-hybridized carbons (Fsp3) is 0.882. The summed E-state index contributed by atoms with van der Waals surface area (Å²) in [7, 11) is 0. The Morgan fingerprint density at radius 2 is 1.91 bits per heavy atom. The first-order valence-electron chi connectivity index (χ1n) is 8.68. The Morgan fingerprint density at radius 1 is 1.23 bits per heavy atom. The molecule has 0 aromatic rings. The maximum Gasteiger partial charge on any atom is 0.241 e. The number of rotatable bonds is 5. The summed E-state index contributed by atoms with van der Waals surface area (Å²) in [5.41, 5.74) is 6.03. The van der Waals surface area contributed by atoms with Crippen LogP contribution in [0.4, 0.5) is 0 Å². The van der Waals surface area contributed by atoms with E-state index in [4.69, 9.17) is 5.73 Å². The zero-order valence-electron chi connectivity index (χ0n) is 14.1. The third-order valence-corrected chi connectivity index (χ3v) is 5.36. The van der Waals surface area contributed by atoms with Crippen molar-refractivity contribution in [3.8, 4) is 0 Å². The van der Waals surface area contributed by atoms with E-state index in [-0.39, 0.29) is 29.8 Å². The first-order chi connectivity index (χ1) is 10.4. The van der Waals surface area contributed by atoms with E-state index in [1.54, 1.807) is 0 Å². The van der Waals surface area contributed by atoms with Gasteiger partial charge in [0.2, 0.25) is 11.8 Å². The standard InChI is InChI=1S/C17H31N3O2/c1-17(2)12-20(10-9-14(17)18)16(22)11-19-15(21)8-7-13-5-3-4-6-13/h13-14H,3-12,18H2,1-2H3,(H,19,21). The van der Waals surface area contributed by atoms with Crippen LogP contribution in [0.25, 0.3) is 0 Å². The molecule has 2 fully saturated rings. The molecule has 5 nitrogen and oxygen atoms in total. The van der Waals surface area contributed by atoms with Crippen LogP contribution in [0.2, 0.25) is 0 Å². The summed E-state index contributed by atoms with van der Waals surface area (Å²) in [5, 5.41) is 2.78. The Kier molecular flexibility index (Phi) is 5.84. The molecule has 1 unspecified atom stereocenters. The Morgan fingerprint density at radius 3 is 2.55 bits per heavy atom. The summed E-state index contributed by atoms with van der Waals surface area (Å²) >= 11 is 0. The first-order valence-corrected chi connectivity index (χ1v) is 8.68. The topological polar surface area (TPSA) is 75.4 Å². The highest BCUT2D eigenvalue weighted by atomic mass is 16.2. The van der Waals surface area contributed by atoms with Crippen molar-refractivity contribution in [3.63, 3.8) is 0 Å². The second-order valence-electron chi connectivity index (χ2n) is 7.66. The van der Waals surface area contributed by atoms with Crippen molar-refractivity contribution in [1.29, 1.82) is 0 Å². The number of nitrogens with one attached hydrogen (secondary N) is 1. The molecule has 5 heteroatoms. The molecule has 1 saturated carbocycles. The summed E-state index contributed by atoms with van der Waals surface area (Å²) in [5.74, 6) is 0.730. The van der Waals surface area contributed by atoms with Gasteiger partial charge in [0.25, 0.3) is 0 Å². The molecule has 2 aliphatic rings. The van der Waals surface area contributed by atoms with Gasteiger partial charge in [0.1, 0.15) is 0 Å². The number of hydrogen-bond acceptors (Lipinski definition) is 3. The third-order valence-electron chi connectivity index (χ3n) is 5.36. The van der Waals surface area contributed by atoms with Crippen LogP contribution >= 0.6 is 0 Å². The summed E-state index contributed by atoms with van der Waals surface area (Å²) in [6.07, 6.45) is 7.47. The molecular formula is C17H31N3O2. The normalized spacial score (nSPS) is 25.2. The fourth-order valence-electron chi connectivity index (χ4n) is 3.60. The van der Waals surface area contributed by atoms with Crippen molar-refractivity contribution in [2.45, 2.75) is 64.8 Å². The Hall–Kier alpha value is -1.10. The van der Waals surface area contributed by atoms with E-state index >= 15 is 0 Å². The van der Waals surface area contributed by atoms with Gasteiger partial charge in [0.05, 0.1) is 6.54 Å². The lowest BCUT2D eigenvalue weighted by Crippen LogP contribution is -2.55. The van der Waals surface area contributed by atoms with E-state index in [1.165, 1.54) is 25.7 Å². The van der Waals surface area contributed by atoms with E-state index in [9.17, 15) is 9.59 Å². The number of carbonyl (C=O) groups is 2. The average Bonchev–Trinajstić information content (AvgIpc) is 2.98. The summed E-state index contributed by atoms with van der Waals surface area (Å²) < 4.78 is 0. The molecule has 1 aliphatic carbocycles. The Labute approximate surface area is 134 Å². The minimum Gasteiger partial charge on any atom is -0.347 e. The molecule has 0 bridgehead atoms. The fourth-order valence-corrected chi connectivity index (χ4v) is 3.60. The minimum atomic E-state index is -0.0552. The molecule has 1 saturated heterocycles. The highest BCUT2D eigenvalue weighted by molar-refractivity contribution is 5.84. The van der Waals surface area contributed by atoms with Crippen LogP contribution in [0.5, 0.6) is 0 Å². The summed E-state index contributed by atoms with van der Waals surface area (Å²) in [4.78, 5) is 25.9.